The second-order valence-corrected chi connectivity index (χ2v) is 5.27. The number of aliphatic hydroxyl groups is 1. The number of quaternary nitrogens is 1. The highest BCUT2D eigenvalue weighted by atomic mass is 16.4. The molecule has 0 aliphatic carbocycles. The zero-order chi connectivity index (χ0) is 16.5. The van der Waals surface area contributed by atoms with Crippen molar-refractivity contribution in [1.29, 1.82) is 0 Å². The fraction of sp³-hybridized carbons (Fsp3) is 0.727. The Bertz CT molecular complexity index is 338. The summed E-state index contributed by atoms with van der Waals surface area (Å²) < 4.78 is 0.578. The maximum Gasteiger partial charge on any atom is 0.321 e. The van der Waals surface area contributed by atoms with Crippen LogP contribution in [0, 0.1) is 0 Å². The Morgan fingerprint density at radius 2 is 1.40 bits per heavy atom. The number of carboxylic acid groups (broad SMARTS) is 3. The molecule has 0 saturated carbocycles. The summed E-state index contributed by atoms with van der Waals surface area (Å²) in [5.41, 5.74) is 4.84. The molecular formula is C11H23N2O7+. The molecule has 20 heavy (non-hydrogen) atoms. The van der Waals surface area contributed by atoms with E-state index >= 15 is 0 Å². The summed E-state index contributed by atoms with van der Waals surface area (Å²) in [5.74, 6) is -3.45. The van der Waals surface area contributed by atoms with E-state index in [0.29, 0.717) is 11.0 Å². The van der Waals surface area contributed by atoms with Crippen molar-refractivity contribution >= 4 is 17.9 Å². The fourth-order valence-electron chi connectivity index (χ4n) is 1.17. The van der Waals surface area contributed by atoms with Crippen molar-refractivity contribution in [3.63, 3.8) is 0 Å². The Morgan fingerprint density at radius 1 is 1.00 bits per heavy atom. The van der Waals surface area contributed by atoms with Crippen molar-refractivity contribution in [2.75, 3.05) is 27.7 Å². The predicted molar refractivity (Wildman–Crippen MR) is 69.0 cm³/mol. The van der Waals surface area contributed by atoms with Gasteiger partial charge in [0.2, 0.25) is 0 Å². The zero-order valence-corrected chi connectivity index (χ0v) is 11.8. The first-order valence-electron chi connectivity index (χ1n) is 5.75. The van der Waals surface area contributed by atoms with E-state index in [-0.39, 0.29) is 6.42 Å². The van der Waals surface area contributed by atoms with Crippen molar-refractivity contribution in [3.05, 3.63) is 0 Å². The molecule has 2 unspecified atom stereocenters. The van der Waals surface area contributed by atoms with E-state index in [1.807, 2.05) is 21.1 Å². The smallest absolute Gasteiger partial charge is 0.321 e. The lowest BCUT2D eigenvalue weighted by Gasteiger charge is -2.25. The van der Waals surface area contributed by atoms with E-state index < -0.39 is 36.5 Å². The number of hydrogen-bond donors (Lipinski definition) is 5. The molecule has 0 aromatic rings. The molecular weight excluding hydrogens is 272 g/mol. The number of nitrogens with zero attached hydrogens (tertiary/aromatic N) is 1. The van der Waals surface area contributed by atoms with Crippen LogP contribution < -0.4 is 5.73 Å². The van der Waals surface area contributed by atoms with Crippen LogP contribution in [0.25, 0.3) is 0 Å². The molecule has 0 bridgehead atoms. The van der Waals surface area contributed by atoms with Crippen LogP contribution in [0.3, 0.4) is 0 Å². The van der Waals surface area contributed by atoms with Gasteiger partial charge < -0.3 is 30.6 Å². The maximum atomic E-state index is 10.1. The predicted octanol–water partition coefficient (Wildman–Crippen LogP) is -1.60. The molecule has 0 saturated heterocycles. The molecule has 118 valence electrons. The average Bonchev–Trinajstić information content (AvgIpc) is 2.12. The third-order valence-electron chi connectivity index (χ3n) is 1.88. The number of hydrogen-bond acceptors (Lipinski definition) is 5. The van der Waals surface area contributed by atoms with E-state index in [1.165, 1.54) is 0 Å². The number of likely N-dealkylation sites (N-methyl/N-ethyl adjacent to an activating group) is 1. The Kier molecular flexibility index (Phi) is 9.51. The molecule has 0 radical (unpaired) electrons. The molecule has 0 rings (SSSR count). The average molecular weight is 295 g/mol. The topological polar surface area (TPSA) is 158 Å². The second kappa shape index (κ2) is 9.23. The molecule has 0 fully saturated rings. The molecule has 0 aromatic carbocycles. The van der Waals surface area contributed by atoms with Crippen molar-refractivity contribution in [2.24, 2.45) is 5.73 Å². The summed E-state index contributed by atoms with van der Waals surface area (Å²) in [6, 6.07) is -1.29. The molecule has 0 aromatic heterocycles. The van der Waals surface area contributed by atoms with Crippen LogP contribution in [-0.2, 0) is 14.4 Å². The van der Waals surface area contributed by atoms with Gasteiger partial charge in [-0.1, -0.05) is 0 Å². The molecule has 6 N–H and O–H groups in total. The maximum absolute atomic E-state index is 10.1. The zero-order valence-electron chi connectivity index (χ0n) is 11.8. The number of carbonyl (C=O) groups is 3. The summed E-state index contributed by atoms with van der Waals surface area (Å²) in [6.45, 7) is 0.465. The first-order chi connectivity index (χ1) is 8.85. The van der Waals surface area contributed by atoms with Crippen LogP contribution in [0.4, 0.5) is 0 Å². The third kappa shape index (κ3) is 16.3. The Balaban J connectivity index is 0. The van der Waals surface area contributed by atoms with Gasteiger partial charge in [-0.3, -0.25) is 14.4 Å². The van der Waals surface area contributed by atoms with Crippen molar-refractivity contribution in [1.82, 2.24) is 0 Å². The number of rotatable bonds is 7. The van der Waals surface area contributed by atoms with Gasteiger partial charge in [-0.2, -0.15) is 0 Å². The van der Waals surface area contributed by atoms with Crippen molar-refractivity contribution in [3.8, 4) is 0 Å². The summed E-state index contributed by atoms with van der Waals surface area (Å²) in [4.78, 5) is 29.7. The monoisotopic (exact) mass is 295 g/mol. The number of nitrogens with two attached hydrogens (primary N) is 1. The lowest BCUT2D eigenvalue weighted by Crippen LogP contribution is -2.42. The quantitative estimate of drug-likeness (QED) is 0.351. The fourth-order valence-corrected chi connectivity index (χ4v) is 1.17. The van der Waals surface area contributed by atoms with E-state index in [1.54, 1.807) is 0 Å². The number of aliphatic hydroxyl groups excluding tert-OH is 1. The summed E-state index contributed by atoms with van der Waals surface area (Å²) in [6.07, 6.45) is -1.45. The van der Waals surface area contributed by atoms with Gasteiger partial charge in [0, 0.05) is 0 Å². The van der Waals surface area contributed by atoms with E-state index in [4.69, 9.17) is 26.2 Å². The minimum Gasteiger partial charge on any atom is -0.481 e. The molecule has 0 aliphatic heterocycles. The lowest BCUT2D eigenvalue weighted by atomic mass is 10.2. The summed E-state index contributed by atoms with van der Waals surface area (Å²) >= 11 is 0. The SMILES string of the molecule is C[N+](C)(C)CC(O)CC(=O)O.NC(CC(=O)O)C(=O)O. The van der Waals surface area contributed by atoms with Crippen LogP contribution in [0.5, 0.6) is 0 Å². The van der Waals surface area contributed by atoms with Gasteiger partial charge in [-0.15, -0.1) is 0 Å². The number of carboxylic acids is 3. The second-order valence-electron chi connectivity index (χ2n) is 5.27. The Hall–Kier alpha value is -1.71. The van der Waals surface area contributed by atoms with Crippen LogP contribution in [0.15, 0.2) is 0 Å². The molecule has 0 spiro atoms. The summed E-state index contributed by atoms with van der Waals surface area (Å²) in [7, 11) is 5.72. The molecule has 9 heteroatoms. The van der Waals surface area contributed by atoms with E-state index in [0.717, 1.165) is 0 Å². The van der Waals surface area contributed by atoms with Crippen LogP contribution >= 0.6 is 0 Å². The van der Waals surface area contributed by atoms with Gasteiger partial charge in [0.25, 0.3) is 0 Å². The van der Waals surface area contributed by atoms with Crippen molar-refractivity contribution < 1.29 is 39.3 Å². The van der Waals surface area contributed by atoms with Crippen LogP contribution in [-0.4, -0.2) is 82.7 Å². The normalized spacial score (nSPS) is 13.7. The van der Waals surface area contributed by atoms with Crippen LogP contribution in [0.2, 0.25) is 0 Å². The van der Waals surface area contributed by atoms with Gasteiger partial charge >= 0.3 is 17.9 Å². The largest absolute Gasteiger partial charge is 0.481 e. The van der Waals surface area contributed by atoms with Crippen molar-refractivity contribution in [2.45, 2.75) is 25.0 Å². The highest BCUT2D eigenvalue weighted by molar-refractivity contribution is 5.80. The first kappa shape index (κ1) is 20.6. The molecule has 0 amide bonds. The van der Waals surface area contributed by atoms with Gasteiger partial charge in [-0.05, 0) is 0 Å². The Labute approximate surface area is 116 Å². The molecule has 0 aliphatic rings. The molecule has 0 heterocycles. The third-order valence-corrected chi connectivity index (χ3v) is 1.88. The van der Waals surface area contributed by atoms with Gasteiger partial charge in [0.05, 0.1) is 34.0 Å². The highest BCUT2D eigenvalue weighted by Crippen LogP contribution is 1.98. The minimum absolute atomic E-state index is 0.171. The highest BCUT2D eigenvalue weighted by Gasteiger charge is 2.17. The van der Waals surface area contributed by atoms with E-state index in [9.17, 15) is 14.4 Å². The molecule has 9 nitrogen and oxygen atoms in total. The van der Waals surface area contributed by atoms with Crippen LogP contribution in [0.1, 0.15) is 12.8 Å². The van der Waals surface area contributed by atoms with Gasteiger partial charge in [0.1, 0.15) is 18.7 Å². The minimum atomic E-state index is -1.29. The van der Waals surface area contributed by atoms with Gasteiger partial charge in [0.15, 0.2) is 0 Å². The number of aliphatic carboxylic acids is 3. The lowest BCUT2D eigenvalue weighted by molar-refractivity contribution is -0.873. The van der Waals surface area contributed by atoms with Gasteiger partial charge in [-0.25, -0.2) is 0 Å². The first-order valence-corrected chi connectivity index (χ1v) is 5.75. The standard InChI is InChI=1S/C7H15NO3.C4H7NO4/c1-8(2,3)5-6(9)4-7(10)11;5-2(4(8)9)1-3(6)7/h6,9H,4-5H2,1-3H3;2H,1,5H2,(H,6,7)(H,8,9)/p+1. The Morgan fingerprint density at radius 3 is 1.60 bits per heavy atom. The molecule has 2 atom stereocenters. The summed E-state index contributed by atoms with van der Waals surface area (Å²) in [5, 5.41) is 33.5. The van der Waals surface area contributed by atoms with E-state index in [2.05, 4.69) is 0 Å².